The van der Waals surface area contributed by atoms with Crippen molar-refractivity contribution >= 4 is 11.8 Å². The molecule has 0 saturated carbocycles. The van der Waals surface area contributed by atoms with E-state index in [2.05, 4.69) is 15.0 Å². The standard InChI is InChI=1S/C13H12F3N3OS/c1-20-6-7-21-11-8-10(13(14,15)16)18-12(19-11)9-2-4-17-5-3-9/h2-5,8H,6-7H2,1H3. The number of pyridine rings is 1. The Hall–Kier alpha value is -1.67. The molecule has 0 aliphatic rings. The number of alkyl halides is 3. The molecule has 0 N–H and O–H groups in total. The van der Waals surface area contributed by atoms with Crippen LogP contribution in [0.1, 0.15) is 5.69 Å². The van der Waals surface area contributed by atoms with Crippen LogP contribution < -0.4 is 0 Å². The SMILES string of the molecule is COCCSc1cc(C(F)(F)F)nc(-c2ccncc2)n1. The van der Waals surface area contributed by atoms with Crippen LogP contribution in [0.2, 0.25) is 0 Å². The highest BCUT2D eigenvalue weighted by Crippen LogP contribution is 2.31. The molecule has 0 aromatic carbocycles. The number of ether oxygens (including phenoxy) is 1. The summed E-state index contributed by atoms with van der Waals surface area (Å²) in [4.78, 5) is 11.6. The van der Waals surface area contributed by atoms with Crippen molar-refractivity contribution in [1.29, 1.82) is 0 Å². The third-order valence-corrected chi connectivity index (χ3v) is 3.34. The number of methoxy groups -OCH3 is 1. The van der Waals surface area contributed by atoms with E-state index in [0.717, 1.165) is 6.07 Å². The van der Waals surface area contributed by atoms with Crippen molar-refractivity contribution in [2.24, 2.45) is 0 Å². The Morgan fingerprint density at radius 2 is 1.90 bits per heavy atom. The Labute approximate surface area is 123 Å². The van der Waals surface area contributed by atoms with Gasteiger partial charge in [0.1, 0.15) is 10.7 Å². The third kappa shape index (κ3) is 4.40. The molecule has 2 aromatic heterocycles. The maximum atomic E-state index is 12.9. The normalized spacial score (nSPS) is 11.6. The van der Waals surface area contributed by atoms with Crippen LogP contribution in [0.25, 0.3) is 11.4 Å². The molecule has 0 aliphatic carbocycles. The predicted octanol–water partition coefficient (Wildman–Crippen LogP) is 3.30. The van der Waals surface area contributed by atoms with Crippen LogP contribution >= 0.6 is 11.8 Å². The number of aromatic nitrogens is 3. The van der Waals surface area contributed by atoms with Gasteiger partial charge in [-0.3, -0.25) is 4.98 Å². The first-order chi connectivity index (χ1) is 10.0. The first kappa shape index (κ1) is 15.7. The van der Waals surface area contributed by atoms with E-state index in [-0.39, 0.29) is 10.9 Å². The molecular weight excluding hydrogens is 303 g/mol. The molecule has 0 fully saturated rings. The van der Waals surface area contributed by atoms with Crippen molar-refractivity contribution < 1.29 is 17.9 Å². The number of rotatable bonds is 5. The first-order valence-corrected chi connectivity index (χ1v) is 6.97. The van der Waals surface area contributed by atoms with E-state index in [0.29, 0.717) is 17.9 Å². The summed E-state index contributed by atoms with van der Waals surface area (Å²) in [6.45, 7) is 0.431. The van der Waals surface area contributed by atoms with Crippen LogP contribution in [-0.4, -0.2) is 34.4 Å². The van der Waals surface area contributed by atoms with Gasteiger partial charge in [-0.05, 0) is 12.1 Å². The summed E-state index contributed by atoms with van der Waals surface area (Å²) in [5.41, 5.74) is -0.464. The smallest absolute Gasteiger partial charge is 0.384 e. The molecule has 0 spiro atoms. The molecule has 0 unspecified atom stereocenters. The van der Waals surface area contributed by atoms with Crippen LogP contribution in [0.3, 0.4) is 0 Å². The van der Waals surface area contributed by atoms with Gasteiger partial charge in [0.25, 0.3) is 0 Å². The Morgan fingerprint density at radius 3 is 2.52 bits per heavy atom. The number of thioether (sulfide) groups is 1. The molecule has 0 atom stereocenters. The Kier molecular flexibility index (Phi) is 5.13. The fourth-order valence-electron chi connectivity index (χ4n) is 1.50. The lowest BCUT2D eigenvalue weighted by molar-refractivity contribution is -0.141. The lowest BCUT2D eigenvalue weighted by atomic mass is 10.2. The second kappa shape index (κ2) is 6.86. The second-order valence-electron chi connectivity index (χ2n) is 3.99. The van der Waals surface area contributed by atoms with Gasteiger partial charge in [-0.15, -0.1) is 11.8 Å². The summed E-state index contributed by atoms with van der Waals surface area (Å²) in [7, 11) is 1.53. The van der Waals surface area contributed by atoms with E-state index < -0.39 is 11.9 Å². The molecule has 0 saturated heterocycles. The van der Waals surface area contributed by atoms with Crippen molar-refractivity contribution in [3.05, 3.63) is 36.3 Å². The Bertz CT molecular complexity index is 593. The zero-order chi connectivity index (χ0) is 15.3. The van der Waals surface area contributed by atoms with Gasteiger partial charge in [-0.1, -0.05) is 0 Å². The molecule has 0 amide bonds. The number of hydrogen-bond donors (Lipinski definition) is 0. The summed E-state index contributed by atoms with van der Waals surface area (Å²) in [5.74, 6) is 0.549. The van der Waals surface area contributed by atoms with Crippen molar-refractivity contribution in [2.75, 3.05) is 19.5 Å². The van der Waals surface area contributed by atoms with E-state index in [9.17, 15) is 13.2 Å². The van der Waals surface area contributed by atoms with Crippen LogP contribution in [-0.2, 0) is 10.9 Å². The topological polar surface area (TPSA) is 47.9 Å². The molecule has 2 rings (SSSR count). The molecule has 8 heteroatoms. The molecular formula is C13H12F3N3OS. The zero-order valence-corrected chi connectivity index (χ0v) is 11.9. The van der Waals surface area contributed by atoms with Crippen molar-refractivity contribution in [3.63, 3.8) is 0 Å². The van der Waals surface area contributed by atoms with E-state index in [1.165, 1.54) is 31.3 Å². The number of halogens is 3. The molecule has 2 heterocycles. The monoisotopic (exact) mass is 315 g/mol. The average Bonchev–Trinajstić information content (AvgIpc) is 2.47. The molecule has 21 heavy (non-hydrogen) atoms. The van der Waals surface area contributed by atoms with Gasteiger partial charge in [0.2, 0.25) is 0 Å². The summed E-state index contributed by atoms with van der Waals surface area (Å²) >= 11 is 1.19. The van der Waals surface area contributed by atoms with E-state index in [4.69, 9.17) is 4.74 Å². The Morgan fingerprint density at radius 1 is 1.19 bits per heavy atom. The van der Waals surface area contributed by atoms with Crippen molar-refractivity contribution in [3.8, 4) is 11.4 Å². The third-order valence-electron chi connectivity index (χ3n) is 2.47. The van der Waals surface area contributed by atoms with Crippen LogP contribution in [0.5, 0.6) is 0 Å². The quantitative estimate of drug-likeness (QED) is 0.481. The number of hydrogen-bond acceptors (Lipinski definition) is 5. The molecule has 4 nitrogen and oxygen atoms in total. The van der Waals surface area contributed by atoms with Gasteiger partial charge in [0, 0.05) is 36.9 Å². The maximum Gasteiger partial charge on any atom is 0.433 e. The highest BCUT2D eigenvalue weighted by molar-refractivity contribution is 7.99. The first-order valence-electron chi connectivity index (χ1n) is 5.99. The lowest BCUT2D eigenvalue weighted by Crippen LogP contribution is -2.10. The van der Waals surface area contributed by atoms with Gasteiger partial charge in [-0.25, -0.2) is 9.97 Å². The van der Waals surface area contributed by atoms with Crippen molar-refractivity contribution in [1.82, 2.24) is 15.0 Å². The van der Waals surface area contributed by atoms with Crippen LogP contribution in [0.15, 0.2) is 35.6 Å². The van der Waals surface area contributed by atoms with Crippen LogP contribution in [0, 0.1) is 0 Å². The highest BCUT2D eigenvalue weighted by Gasteiger charge is 2.33. The molecule has 0 aliphatic heterocycles. The predicted molar refractivity (Wildman–Crippen MR) is 72.9 cm³/mol. The minimum Gasteiger partial charge on any atom is -0.384 e. The average molecular weight is 315 g/mol. The van der Waals surface area contributed by atoms with Crippen LogP contribution in [0.4, 0.5) is 13.2 Å². The minimum absolute atomic E-state index is 0.0344. The largest absolute Gasteiger partial charge is 0.433 e. The maximum absolute atomic E-state index is 12.9. The molecule has 0 radical (unpaired) electrons. The lowest BCUT2D eigenvalue weighted by Gasteiger charge is -2.10. The summed E-state index contributed by atoms with van der Waals surface area (Å²) in [6, 6.07) is 4.09. The van der Waals surface area contributed by atoms with Gasteiger partial charge in [0.05, 0.1) is 6.61 Å². The summed E-state index contributed by atoms with van der Waals surface area (Å²) in [5, 5.41) is 0.265. The van der Waals surface area contributed by atoms with E-state index in [1.807, 2.05) is 0 Å². The molecule has 2 aromatic rings. The fourth-order valence-corrected chi connectivity index (χ4v) is 2.31. The van der Waals surface area contributed by atoms with Gasteiger partial charge in [0.15, 0.2) is 5.82 Å². The van der Waals surface area contributed by atoms with Crippen molar-refractivity contribution in [2.45, 2.75) is 11.2 Å². The van der Waals surface area contributed by atoms with Gasteiger partial charge < -0.3 is 4.74 Å². The van der Waals surface area contributed by atoms with Gasteiger partial charge >= 0.3 is 6.18 Å². The van der Waals surface area contributed by atoms with E-state index >= 15 is 0 Å². The minimum atomic E-state index is -4.51. The number of nitrogens with zero attached hydrogens (tertiary/aromatic N) is 3. The second-order valence-corrected chi connectivity index (χ2v) is 5.11. The van der Waals surface area contributed by atoms with E-state index in [1.54, 1.807) is 12.1 Å². The van der Waals surface area contributed by atoms with Gasteiger partial charge in [-0.2, -0.15) is 13.2 Å². The fraction of sp³-hybridized carbons (Fsp3) is 0.308. The molecule has 0 bridgehead atoms. The zero-order valence-electron chi connectivity index (χ0n) is 11.1. The highest BCUT2D eigenvalue weighted by atomic mass is 32.2. The Balaban J connectivity index is 2.38. The molecule has 112 valence electrons. The summed E-state index contributed by atoms with van der Waals surface area (Å²) in [6.07, 6.45) is -1.55. The summed E-state index contributed by atoms with van der Waals surface area (Å²) < 4.78 is 43.6.